The van der Waals surface area contributed by atoms with Crippen LogP contribution in [-0.4, -0.2) is 4.57 Å². The molecule has 2 rings (SSSR count). The van der Waals surface area contributed by atoms with E-state index in [-0.39, 0.29) is 5.41 Å². The summed E-state index contributed by atoms with van der Waals surface area (Å²) in [4.78, 5) is 0. The van der Waals surface area contributed by atoms with E-state index in [1.807, 2.05) is 0 Å². The van der Waals surface area contributed by atoms with Crippen LogP contribution in [-0.2, 0) is 12.0 Å². The zero-order chi connectivity index (χ0) is 13.3. The molecule has 0 aliphatic heterocycles. The summed E-state index contributed by atoms with van der Waals surface area (Å²) in [7, 11) is 0. The van der Waals surface area contributed by atoms with E-state index in [4.69, 9.17) is 0 Å². The predicted molar refractivity (Wildman–Crippen MR) is 78.2 cm³/mol. The van der Waals surface area contributed by atoms with Crippen LogP contribution in [0.25, 0.3) is 0 Å². The molecule has 1 aromatic heterocycles. The third-order valence-corrected chi connectivity index (χ3v) is 3.53. The van der Waals surface area contributed by atoms with E-state index in [1.54, 1.807) is 0 Å². The molecule has 1 nitrogen and oxygen atoms in total. The van der Waals surface area contributed by atoms with Crippen molar-refractivity contribution in [3.63, 3.8) is 0 Å². The lowest BCUT2D eigenvalue weighted by atomic mass is 9.87. The van der Waals surface area contributed by atoms with Gasteiger partial charge in [-0.1, -0.05) is 45.0 Å². The lowest BCUT2D eigenvalue weighted by Crippen LogP contribution is -2.10. The number of hydrogen-bond donors (Lipinski definition) is 0. The molecule has 0 spiro atoms. The third kappa shape index (κ3) is 2.84. The molecule has 0 radical (unpaired) electrons. The Balaban J connectivity index is 2.16. The van der Waals surface area contributed by atoms with Crippen molar-refractivity contribution < 1.29 is 0 Å². The molecule has 0 bridgehead atoms. The Morgan fingerprint density at radius 1 is 0.889 bits per heavy atom. The first-order valence-corrected chi connectivity index (χ1v) is 6.58. The standard InChI is InChI=1S/C17H23N/c1-13-10-18(11-14(13)2)12-15-6-8-16(9-7-15)17(3,4)5/h6-11H,12H2,1-5H3. The zero-order valence-electron chi connectivity index (χ0n) is 12.1. The van der Waals surface area contributed by atoms with Crippen LogP contribution in [0, 0.1) is 13.8 Å². The van der Waals surface area contributed by atoms with Crippen LogP contribution >= 0.6 is 0 Å². The highest BCUT2D eigenvalue weighted by Crippen LogP contribution is 2.22. The Morgan fingerprint density at radius 3 is 1.83 bits per heavy atom. The minimum Gasteiger partial charge on any atom is -0.349 e. The summed E-state index contributed by atoms with van der Waals surface area (Å²) in [5.41, 5.74) is 5.71. The lowest BCUT2D eigenvalue weighted by molar-refractivity contribution is 0.590. The molecule has 96 valence electrons. The average Bonchev–Trinajstić information content (AvgIpc) is 2.57. The van der Waals surface area contributed by atoms with Crippen LogP contribution in [0.1, 0.15) is 43.0 Å². The topological polar surface area (TPSA) is 4.93 Å². The molecule has 0 fully saturated rings. The molecule has 0 unspecified atom stereocenters. The summed E-state index contributed by atoms with van der Waals surface area (Å²) in [6, 6.07) is 8.98. The molecule has 0 atom stereocenters. The number of hydrogen-bond acceptors (Lipinski definition) is 0. The molecular weight excluding hydrogens is 218 g/mol. The predicted octanol–water partition coefficient (Wildman–Crippen LogP) is 4.45. The monoisotopic (exact) mass is 241 g/mol. The maximum Gasteiger partial charge on any atom is 0.0470 e. The van der Waals surface area contributed by atoms with Crippen molar-refractivity contribution in [3.05, 3.63) is 58.9 Å². The Labute approximate surface area is 110 Å². The minimum atomic E-state index is 0.235. The molecule has 0 aliphatic carbocycles. The number of rotatable bonds is 2. The summed E-state index contributed by atoms with van der Waals surface area (Å²) in [6.07, 6.45) is 4.43. The van der Waals surface area contributed by atoms with Gasteiger partial charge in [0.1, 0.15) is 0 Å². The largest absolute Gasteiger partial charge is 0.349 e. The highest BCUT2D eigenvalue weighted by atomic mass is 14.9. The van der Waals surface area contributed by atoms with E-state index < -0.39 is 0 Å². The zero-order valence-corrected chi connectivity index (χ0v) is 12.1. The molecule has 0 saturated carbocycles. The Kier molecular flexibility index (Phi) is 3.34. The molecule has 1 heteroatoms. The average molecular weight is 241 g/mol. The summed E-state index contributed by atoms with van der Waals surface area (Å²) >= 11 is 0. The van der Waals surface area contributed by atoms with Gasteiger partial charge < -0.3 is 4.57 Å². The Bertz CT molecular complexity index is 504. The van der Waals surface area contributed by atoms with Gasteiger partial charge in [-0.05, 0) is 41.5 Å². The second-order valence-corrected chi connectivity index (χ2v) is 6.24. The SMILES string of the molecule is Cc1cn(Cc2ccc(C(C)(C)C)cc2)cc1C. The van der Waals surface area contributed by atoms with Gasteiger partial charge in [-0.3, -0.25) is 0 Å². The smallest absolute Gasteiger partial charge is 0.0470 e. The number of aromatic nitrogens is 1. The molecule has 2 aromatic rings. The van der Waals surface area contributed by atoms with Crippen LogP contribution < -0.4 is 0 Å². The first-order chi connectivity index (χ1) is 8.36. The van der Waals surface area contributed by atoms with Crippen molar-refractivity contribution >= 4 is 0 Å². The molecule has 18 heavy (non-hydrogen) atoms. The maximum absolute atomic E-state index is 2.26. The second kappa shape index (κ2) is 4.64. The van der Waals surface area contributed by atoms with Gasteiger partial charge in [-0.15, -0.1) is 0 Å². The normalized spacial score (nSPS) is 11.8. The fourth-order valence-electron chi connectivity index (χ4n) is 2.15. The molecule has 0 saturated heterocycles. The molecular formula is C17H23N. The van der Waals surface area contributed by atoms with Crippen molar-refractivity contribution in [2.24, 2.45) is 0 Å². The summed E-state index contributed by atoms with van der Waals surface area (Å²) in [5.74, 6) is 0. The molecule has 0 N–H and O–H groups in total. The van der Waals surface area contributed by atoms with E-state index in [2.05, 4.69) is 75.8 Å². The van der Waals surface area contributed by atoms with E-state index in [0.717, 1.165) is 6.54 Å². The number of nitrogens with zero attached hydrogens (tertiary/aromatic N) is 1. The van der Waals surface area contributed by atoms with Crippen LogP contribution in [0.15, 0.2) is 36.7 Å². The maximum atomic E-state index is 2.26. The second-order valence-electron chi connectivity index (χ2n) is 6.24. The molecule has 0 amide bonds. The number of benzene rings is 1. The van der Waals surface area contributed by atoms with E-state index in [1.165, 1.54) is 22.3 Å². The van der Waals surface area contributed by atoms with Gasteiger partial charge in [-0.25, -0.2) is 0 Å². The van der Waals surface area contributed by atoms with Crippen molar-refractivity contribution in [2.75, 3.05) is 0 Å². The van der Waals surface area contributed by atoms with Gasteiger partial charge in [0, 0.05) is 18.9 Å². The van der Waals surface area contributed by atoms with Gasteiger partial charge in [-0.2, -0.15) is 0 Å². The quantitative estimate of drug-likeness (QED) is 0.732. The first-order valence-electron chi connectivity index (χ1n) is 6.58. The Hall–Kier alpha value is -1.50. The van der Waals surface area contributed by atoms with Crippen LogP contribution in [0.3, 0.4) is 0 Å². The summed E-state index contributed by atoms with van der Waals surface area (Å²) < 4.78 is 2.26. The highest BCUT2D eigenvalue weighted by Gasteiger charge is 2.12. The van der Waals surface area contributed by atoms with Gasteiger partial charge in [0.25, 0.3) is 0 Å². The van der Waals surface area contributed by atoms with Gasteiger partial charge in [0.2, 0.25) is 0 Å². The van der Waals surface area contributed by atoms with Crippen LogP contribution in [0.5, 0.6) is 0 Å². The van der Waals surface area contributed by atoms with Crippen molar-refractivity contribution in [2.45, 2.75) is 46.6 Å². The first kappa shape index (κ1) is 12.9. The molecule has 0 aliphatic rings. The van der Waals surface area contributed by atoms with Gasteiger partial charge >= 0.3 is 0 Å². The van der Waals surface area contributed by atoms with Crippen molar-refractivity contribution in [3.8, 4) is 0 Å². The lowest BCUT2D eigenvalue weighted by Gasteiger charge is -2.19. The highest BCUT2D eigenvalue weighted by molar-refractivity contribution is 5.28. The van der Waals surface area contributed by atoms with Gasteiger partial charge in [0.05, 0.1) is 0 Å². The fourth-order valence-corrected chi connectivity index (χ4v) is 2.15. The van der Waals surface area contributed by atoms with E-state index in [9.17, 15) is 0 Å². The van der Waals surface area contributed by atoms with E-state index in [0.29, 0.717) is 0 Å². The van der Waals surface area contributed by atoms with E-state index >= 15 is 0 Å². The minimum absolute atomic E-state index is 0.235. The Morgan fingerprint density at radius 2 is 1.39 bits per heavy atom. The van der Waals surface area contributed by atoms with Crippen LogP contribution in [0.2, 0.25) is 0 Å². The van der Waals surface area contributed by atoms with Crippen LogP contribution in [0.4, 0.5) is 0 Å². The summed E-state index contributed by atoms with van der Waals surface area (Å²) in [5, 5.41) is 0. The van der Waals surface area contributed by atoms with Gasteiger partial charge in [0.15, 0.2) is 0 Å². The van der Waals surface area contributed by atoms with Crippen molar-refractivity contribution in [1.29, 1.82) is 0 Å². The summed E-state index contributed by atoms with van der Waals surface area (Å²) in [6.45, 7) is 12.0. The fraction of sp³-hybridized carbons (Fsp3) is 0.412. The molecule has 1 aromatic carbocycles. The number of aryl methyl sites for hydroxylation is 2. The van der Waals surface area contributed by atoms with Crippen molar-refractivity contribution in [1.82, 2.24) is 4.57 Å². The molecule has 1 heterocycles. The third-order valence-electron chi connectivity index (χ3n) is 3.53.